The molecule has 0 aliphatic heterocycles. The van der Waals surface area contributed by atoms with Crippen LogP contribution >= 0.6 is 0 Å². The summed E-state index contributed by atoms with van der Waals surface area (Å²) in [6.07, 6.45) is 10.9. The Hall–Kier alpha value is -1.51. The van der Waals surface area contributed by atoms with Crippen molar-refractivity contribution >= 4 is 11.0 Å². The molecule has 0 bridgehead atoms. The van der Waals surface area contributed by atoms with Gasteiger partial charge in [0, 0.05) is 12.5 Å². The third-order valence-corrected chi connectivity index (χ3v) is 4.54. The summed E-state index contributed by atoms with van der Waals surface area (Å²) in [6.45, 7) is 0. The number of benzene rings is 1. The van der Waals surface area contributed by atoms with E-state index in [1.165, 1.54) is 44.9 Å². The van der Waals surface area contributed by atoms with E-state index in [4.69, 9.17) is 9.72 Å². The Kier molecular flexibility index (Phi) is 3.13. The van der Waals surface area contributed by atoms with E-state index in [0.717, 1.165) is 34.9 Å². The number of H-pyrrole nitrogens is 1. The van der Waals surface area contributed by atoms with Crippen molar-refractivity contribution in [2.24, 2.45) is 5.92 Å². The predicted molar refractivity (Wildman–Crippen MR) is 80.0 cm³/mol. The Bertz CT molecular complexity index is 594. The van der Waals surface area contributed by atoms with Crippen LogP contribution in [0.25, 0.3) is 11.0 Å². The fourth-order valence-corrected chi connectivity index (χ4v) is 3.25. The summed E-state index contributed by atoms with van der Waals surface area (Å²) < 4.78 is 5.84. The quantitative estimate of drug-likeness (QED) is 0.903. The number of aromatic nitrogens is 2. The van der Waals surface area contributed by atoms with Gasteiger partial charge in [-0.05, 0) is 30.9 Å². The topological polar surface area (TPSA) is 37.9 Å². The van der Waals surface area contributed by atoms with Gasteiger partial charge in [-0.3, -0.25) is 0 Å². The normalized spacial score (nSPS) is 20.4. The molecule has 20 heavy (non-hydrogen) atoms. The first-order valence-electron chi connectivity index (χ1n) is 8.02. The zero-order valence-electron chi connectivity index (χ0n) is 11.9. The Balaban J connectivity index is 1.51. The first-order valence-corrected chi connectivity index (χ1v) is 8.02. The summed E-state index contributed by atoms with van der Waals surface area (Å²) in [6, 6.07) is 6.24. The summed E-state index contributed by atoms with van der Waals surface area (Å²) >= 11 is 0. The van der Waals surface area contributed by atoms with Crippen LogP contribution in [0.4, 0.5) is 0 Å². The number of hydrogen-bond donors (Lipinski definition) is 1. The van der Waals surface area contributed by atoms with Gasteiger partial charge in [-0.25, -0.2) is 4.98 Å². The van der Waals surface area contributed by atoms with E-state index < -0.39 is 0 Å². The van der Waals surface area contributed by atoms with E-state index in [1.807, 2.05) is 0 Å². The summed E-state index contributed by atoms with van der Waals surface area (Å²) in [4.78, 5) is 8.23. The van der Waals surface area contributed by atoms with E-state index in [0.29, 0.717) is 6.10 Å². The van der Waals surface area contributed by atoms with E-state index in [1.54, 1.807) is 0 Å². The van der Waals surface area contributed by atoms with E-state index in [2.05, 4.69) is 23.2 Å². The van der Waals surface area contributed by atoms with Gasteiger partial charge in [0.25, 0.3) is 0 Å². The molecule has 1 N–H and O–H groups in total. The molecule has 0 saturated heterocycles. The highest BCUT2D eigenvalue weighted by atomic mass is 16.5. The van der Waals surface area contributed by atoms with E-state index >= 15 is 0 Å². The van der Waals surface area contributed by atoms with Crippen molar-refractivity contribution < 1.29 is 4.74 Å². The molecule has 106 valence electrons. The maximum Gasteiger partial charge on any atom is 0.122 e. The van der Waals surface area contributed by atoms with Crippen molar-refractivity contribution in [2.75, 3.05) is 0 Å². The number of nitrogens with one attached hydrogen (secondary N) is 1. The third-order valence-electron chi connectivity index (χ3n) is 4.54. The van der Waals surface area contributed by atoms with Gasteiger partial charge >= 0.3 is 0 Å². The third kappa shape index (κ3) is 2.67. The Morgan fingerprint density at radius 1 is 1.10 bits per heavy atom. The van der Waals surface area contributed by atoms with Gasteiger partial charge in [-0.15, -0.1) is 0 Å². The molecular weight excluding hydrogens is 248 g/mol. The molecule has 1 aromatic heterocycles. The molecule has 0 radical (unpaired) electrons. The van der Waals surface area contributed by atoms with Crippen LogP contribution in [-0.2, 0) is 6.42 Å². The summed E-state index contributed by atoms with van der Waals surface area (Å²) in [5, 5.41) is 0. The maximum absolute atomic E-state index is 5.84. The van der Waals surface area contributed by atoms with Gasteiger partial charge in [0.2, 0.25) is 0 Å². The maximum atomic E-state index is 5.84. The fraction of sp³-hybridized carbons (Fsp3) is 0.588. The van der Waals surface area contributed by atoms with Crippen LogP contribution < -0.4 is 4.74 Å². The highest BCUT2D eigenvalue weighted by Gasteiger charge is 2.23. The first kappa shape index (κ1) is 12.2. The first-order chi connectivity index (χ1) is 9.87. The van der Waals surface area contributed by atoms with Crippen molar-refractivity contribution in [3.63, 3.8) is 0 Å². The Morgan fingerprint density at radius 2 is 1.95 bits per heavy atom. The molecular formula is C17H22N2O. The fourth-order valence-electron chi connectivity index (χ4n) is 3.25. The monoisotopic (exact) mass is 270 g/mol. The highest BCUT2D eigenvalue weighted by molar-refractivity contribution is 5.76. The molecule has 2 aromatic rings. The number of imidazole rings is 1. The Labute approximate surface area is 119 Å². The second-order valence-electron chi connectivity index (χ2n) is 6.39. The van der Waals surface area contributed by atoms with Crippen LogP contribution in [0.5, 0.6) is 5.75 Å². The van der Waals surface area contributed by atoms with E-state index in [9.17, 15) is 0 Å². The number of aromatic amines is 1. The van der Waals surface area contributed by atoms with Gasteiger partial charge in [-0.1, -0.05) is 32.1 Å². The summed E-state index contributed by atoms with van der Waals surface area (Å²) in [5.74, 6) is 2.94. The molecule has 0 atom stereocenters. The van der Waals surface area contributed by atoms with Crippen molar-refractivity contribution in [3.05, 3.63) is 24.0 Å². The van der Waals surface area contributed by atoms with Crippen LogP contribution in [0.2, 0.25) is 0 Å². The van der Waals surface area contributed by atoms with Gasteiger partial charge in [-0.2, -0.15) is 0 Å². The predicted octanol–water partition coefficient (Wildman–Crippen LogP) is 4.23. The Morgan fingerprint density at radius 3 is 2.75 bits per heavy atom. The van der Waals surface area contributed by atoms with Crippen molar-refractivity contribution in [1.82, 2.24) is 9.97 Å². The average molecular weight is 270 g/mol. The molecule has 2 saturated carbocycles. The van der Waals surface area contributed by atoms with Crippen molar-refractivity contribution in [2.45, 2.75) is 57.5 Å². The highest BCUT2D eigenvalue weighted by Crippen LogP contribution is 2.29. The molecule has 0 unspecified atom stereocenters. The largest absolute Gasteiger partial charge is 0.490 e. The van der Waals surface area contributed by atoms with E-state index in [-0.39, 0.29) is 0 Å². The summed E-state index contributed by atoms with van der Waals surface area (Å²) in [7, 11) is 0. The smallest absolute Gasteiger partial charge is 0.122 e. The van der Waals surface area contributed by atoms with Gasteiger partial charge in [0.15, 0.2) is 0 Å². The van der Waals surface area contributed by atoms with Crippen LogP contribution in [0.3, 0.4) is 0 Å². The lowest BCUT2D eigenvalue weighted by atomic mass is 9.87. The average Bonchev–Trinajstić information content (AvgIpc) is 3.18. The molecule has 2 fully saturated rings. The summed E-state index contributed by atoms with van der Waals surface area (Å²) in [5.41, 5.74) is 2.19. The zero-order chi connectivity index (χ0) is 13.4. The number of ether oxygens (including phenoxy) is 1. The molecule has 3 heteroatoms. The SMILES string of the molecule is c1cc2[nH]c(CC3CCCCC3)nc2cc1OC1CC1. The van der Waals surface area contributed by atoms with Crippen molar-refractivity contribution in [1.29, 1.82) is 0 Å². The van der Waals surface area contributed by atoms with Crippen molar-refractivity contribution in [3.8, 4) is 5.75 Å². The van der Waals surface area contributed by atoms with Gasteiger partial charge in [0.05, 0.1) is 17.1 Å². The lowest BCUT2D eigenvalue weighted by Crippen LogP contribution is -2.10. The molecule has 0 amide bonds. The number of nitrogens with zero attached hydrogens (tertiary/aromatic N) is 1. The molecule has 4 rings (SSSR count). The lowest BCUT2D eigenvalue weighted by Gasteiger charge is -2.20. The standard InChI is InChI=1S/C17H22N2O/c1-2-4-12(5-3-1)10-17-18-15-9-8-14(11-16(15)19-17)20-13-6-7-13/h8-9,11-13H,1-7,10H2,(H,18,19). The number of hydrogen-bond acceptors (Lipinski definition) is 2. The molecule has 1 heterocycles. The molecule has 2 aliphatic carbocycles. The molecule has 0 spiro atoms. The molecule has 1 aromatic carbocycles. The van der Waals surface area contributed by atoms with Gasteiger partial charge < -0.3 is 9.72 Å². The second kappa shape index (κ2) is 5.12. The minimum absolute atomic E-state index is 0.452. The van der Waals surface area contributed by atoms with Gasteiger partial charge in [0.1, 0.15) is 11.6 Å². The minimum atomic E-state index is 0.452. The number of fused-ring (bicyclic) bond motifs is 1. The van der Waals surface area contributed by atoms with Crippen LogP contribution in [0, 0.1) is 5.92 Å². The minimum Gasteiger partial charge on any atom is -0.490 e. The number of rotatable bonds is 4. The zero-order valence-corrected chi connectivity index (χ0v) is 11.9. The lowest BCUT2D eigenvalue weighted by molar-refractivity contribution is 0.303. The molecule has 2 aliphatic rings. The molecule has 3 nitrogen and oxygen atoms in total. The van der Waals surface area contributed by atoms with Crippen LogP contribution in [-0.4, -0.2) is 16.1 Å². The van der Waals surface area contributed by atoms with Crippen LogP contribution in [0.15, 0.2) is 18.2 Å². The second-order valence-corrected chi connectivity index (χ2v) is 6.39. The van der Waals surface area contributed by atoms with Crippen LogP contribution in [0.1, 0.15) is 50.8 Å².